The number of carbonyl (C=O) groups is 3. The van der Waals surface area contributed by atoms with Crippen LogP contribution in [0.15, 0.2) is 42.5 Å². The highest BCUT2D eigenvalue weighted by Gasteiger charge is 2.21. The smallest absolute Gasteiger partial charge is 0.326 e. The first-order valence-electron chi connectivity index (χ1n) is 8.64. The van der Waals surface area contributed by atoms with E-state index in [1.165, 1.54) is 26.2 Å². The topological polar surface area (TPSA) is 125 Å². The van der Waals surface area contributed by atoms with E-state index in [1.807, 2.05) is 6.92 Å². The summed E-state index contributed by atoms with van der Waals surface area (Å²) >= 11 is 0. The second-order valence-electron chi connectivity index (χ2n) is 6.19. The summed E-state index contributed by atoms with van der Waals surface area (Å²) in [6.07, 6.45) is -1.02. The molecule has 0 bridgehead atoms. The highest BCUT2D eigenvalue weighted by Crippen LogP contribution is 2.27. The van der Waals surface area contributed by atoms with Crippen molar-refractivity contribution < 1.29 is 28.8 Å². The SMILES string of the molecule is COc1ccc(C(=O)NCC(=O)O[C@H](C)C(=O)c2ccc(C)cc2)cc1[N+](=O)[O-]. The summed E-state index contributed by atoms with van der Waals surface area (Å²) < 4.78 is 9.92. The summed E-state index contributed by atoms with van der Waals surface area (Å²) in [7, 11) is 1.27. The monoisotopic (exact) mass is 400 g/mol. The minimum absolute atomic E-state index is 0.00871. The molecule has 0 fully saturated rings. The van der Waals surface area contributed by atoms with Crippen molar-refractivity contribution in [2.24, 2.45) is 0 Å². The number of ether oxygens (including phenoxy) is 2. The van der Waals surface area contributed by atoms with Crippen LogP contribution in [-0.2, 0) is 9.53 Å². The van der Waals surface area contributed by atoms with Crippen LogP contribution in [0.4, 0.5) is 5.69 Å². The third kappa shape index (κ3) is 5.61. The van der Waals surface area contributed by atoms with E-state index in [0.717, 1.165) is 11.6 Å². The molecule has 0 radical (unpaired) electrons. The van der Waals surface area contributed by atoms with Crippen LogP contribution in [0.25, 0.3) is 0 Å². The summed E-state index contributed by atoms with van der Waals surface area (Å²) in [6, 6.07) is 10.5. The van der Waals surface area contributed by atoms with Crippen LogP contribution < -0.4 is 10.1 Å². The van der Waals surface area contributed by atoms with E-state index in [4.69, 9.17) is 9.47 Å². The quantitative estimate of drug-likeness (QED) is 0.312. The molecule has 0 aromatic heterocycles. The van der Waals surface area contributed by atoms with Crippen molar-refractivity contribution in [3.05, 3.63) is 69.3 Å². The Morgan fingerprint density at radius 3 is 2.31 bits per heavy atom. The van der Waals surface area contributed by atoms with Gasteiger partial charge in [-0.2, -0.15) is 0 Å². The van der Waals surface area contributed by atoms with Crippen LogP contribution in [0.2, 0.25) is 0 Å². The molecule has 0 saturated carbocycles. The van der Waals surface area contributed by atoms with Gasteiger partial charge in [0.1, 0.15) is 6.54 Å². The van der Waals surface area contributed by atoms with Crippen LogP contribution >= 0.6 is 0 Å². The van der Waals surface area contributed by atoms with Gasteiger partial charge >= 0.3 is 11.7 Å². The second kappa shape index (κ2) is 9.45. The first-order chi connectivity index (χ1) is 13.7. The normalized spacial score (nSPS) is 11.3. The van der Waals surface area contributed by atoms with Gasteiger partial charge in [0.15, 0.2) is 11.9 Å². The second-order valence-corrected chi connectivity index (χ2v) is 6.19. The molecule has 1 N–H and O–H groups in total. The summed E-state index contributed by atoms with van der Waals surface area (Å²) in [5.74, 6) is -1.87. The molecule has 2 aromatic carbocycles. The van der Waals surface area contributed by atoms with Gasteiger partial charge in [0.25, 0.3) is 5.91 Å². The van der Waals surface area contributed by atoms with Crippen LogP contribution in [0.1, 0.15) is 33.2 Å². The van der Waals surface area contributed by atoms with Crippen molar-refractivity contribution in [2.45, 2.75) is 20.0 Å². The average molecular weight is 400 g/mol. The molecular formula is C20H20N2O7. The van der Waals surface area contributed by atoms with E-state index in [9.17, 15) is 24.5 Å². The molecule has 0 spiro atoms. The number of Topliss-reactive ketones (excluding diaryl/α,β-unsaturated/α-hetero) is 1. The predicted octanol–water partition coefficient (Wildman–Crippen LogP) is 2.46. The Morgan fingerprint density at radius 1 is 1.10 bits per heavy atom. The molecule has 152 valence electrons. The number of hydrogen-bond donors (Lipinski definition) is 1. The number of carbonyl (C=O) groups excluding carboxylic acids is 3. The van der Waals surface area contributed by atoms with Crippen molar-refractivity contribution in [1.82, 2.24) is 5.32 Å². The number of aryl methyl sites for hydroxylation is 1. The largest absolute Gasteiger partial charge is 0.490 e. The van der Waals surface area contributed by atoms with Gasteiger partial charge in [-0.3, -0.25) is 24.5 Å². The lowest BCUT2D eigenvalue weighted by Crippen LogP contribution is -2.34. The number of esters is 1. The molecule has 2 rings (SSSR count). The number of methoxy groups -OCH3 is 1. The van der Waals surface area contributed by atoms with E-state index in [-0.39, 0.29) is 22.8 Å². The zero-order chi connectivity index (χ0) is 21.6. The standard InChI is InChI=1S/C20H20N2O7/c1-12-4-6-14(7-5-12)19(24)13(2)29-18(23)11-21-20(25)15-8-9-17(28-3)16(10-15)22(26)27/h4-10,13H,11H2,1-3H3,(H,21,25)/t13-/m1/s1. The lowest BCUT2D eigenvalue weighted by Gasteiger charge is -2.13. The Kier molecular flexibility index (Phi) is 7.02. The van der Waals surface area contributed by atoms with Crippen molar-refractivity contribution in [3.8, 4) is 5.75 Å². The van der Waals surface area contributed by atoms with E-state index in [1.54, 1.807) is 24.3 Å². The van der Waals surface area contributed by atoms with Crippen molar-refractivity contribution in [1.29, 1.82) is 0 Å². The summed E-state index contributed by atoms with van der Waals surface area (Å²) in [5.41, 5.74) is 1.01. The number of nitrogens with one attached hydrogen (secondary N) is 1. The molecule has 1 atom stereocenters. The van der Waals surface area contributed by atoms with Gasteiger partial charge in [0.05, 0.1) is 12.0 Å². The fourth-order valence-electron chi connectivity index (χ4n) is 2.47. The average Bonchev–Trinajstić information content (AvgIpc) is 2.71. The zero-order valence-corrected chi connectivity index (χ0v) is 16.1. The Hall–Kier alpha value is -3.75. The Balaban J connectivity index is 1.94. The van der Waals surface area contributed by atoms with Crippen LogP contribution in [0, 0.1) is 17.0 Å². The van der Waals surface area contributed by atoms with Crippen LogP contribution in [-0.4, -0.2) is 42.3 Å². The summed E-state index contributed by atoms with van der Waals surface area (Å²) in [4.78, 5) is 46.7. The van der Waals surface area contributed by atoms with Crippen molar-refractivity contribution in [2.75, 3.05) is 13.7 Å². The Labute approximate surface area is 166 Å². The highest BCUT2D eigenvalue weighted by atomic mass is 16.6. The molecule has 0 aliphatic rings. The highest BCUT2D eigenvalue weighted by molar-refractivity contribution is 6.00. The number of amides is 1. The van der Waals surface area contributed by atoms with Crippen LogP contribution in [0.5, 0.6) is 5.75 Å². The van der Waals surface area contributed by atoms with E-state index in [0.29, 0.717) is 5.56 Å². The molecule has 9 heteroatoms. The summed E-state index contributed by atoms with van der Waals surface area (Å²) in [6.45, 7) is 2.83. The third-order valence-corrected chi connectivity index (χ3v) is 4.04. The minimum atomic E-state index is -1.02. The molecule has 0 aliphatic heterocycles. The molecule has 0 unspecified atom stereocenters. The Morgan fingerprint density at radius 2 is 1.72 bits per heavy atom. The fraction of sp³-hybridized carbons (Fsp3) is 0.250. The number of nitro benzene ring substituents is 1. The van der Waals surface area contributed by atoms with Gasteiger partial charge in [0, 0.05) is 17.2 Å². The van der Waals surface area contributed by atoms with Gasteiger partial charge in [0.2, 0.25) is 5.78 Å². The lowest BCUT2D eigenvalue weighted by atomic mass is 10.1. The van der Waals surface area contributed by atoms with Gasteiger partial charge in [-0.05, 0) is 26.0 Å². The maximum atomic E-state index is 12.3. The van der Waals surface area contributed by atoms with E-state index >= 15 is 0 Å². The van der Waals surface area contributed by atoms with E-state index in [2.05, 4.69) is 5.32 Å². The van der Waals surface area contributed by atoms with Gasteiger partial charge in [-0.25, -0.2) is 0 Å². The summed E-state index contributed by atoms with van der Waals surface area (Å²) in [5, 5.41) is 13.3. The minimum Gasteiger partial charge on any atom is -0.490 e. The molecule has 0 heterocycles. The van der Waals surface area contributed by atoms with Gasteiger partial charge in [-0.15, -0.1) is 0 Å². The molecule has 9 nitrogen and oxygen atoms in total. The molecule has 29 heavy (non-hydrogen) atoms. The first-order valence-corrected chi connectivity index (χ1v) is 8.64. The van der Waals surface area contributed by atoms with Crippen LogP contribution in [0.3, 0.4) is 0 Å². The third-order valence-electron chi connectivity index (χ3n) is 4.04. The number of nitro groups is 1. The number of ketones is 1. The molecule has 0 saturated heterocycles. The molecule has 0 aliphatic carbocycles. The fourth-order valence-corrected chi connectivity index (χ4v) is 2.47. The van der Waals surface area contributed by atoms with E-state index < -0.39 is 29.4 Å². The maximum Gasteiger partial charge on any atom is 0.326 e. The van der Waals surface area contributed by atoms with Crippen molar-refractivity contribution in [3.63, 3.8) is 0 Å². The van der Waals surface area contributed by atoms with Crippen molar-refractivity contribution >= 4 is 23.3 Å². The molecule has 1 amide bonds. The first kappa shape index (κ1) is 21.5. The zero-order valence-electron chi connectivity index (χ0n) is 16.1. The maximum absolute atomic E-state index is 12.3. The molecule has 2 aromatic rings. The number of hydrogen-bond acceptors (Lipinski definition) is 7. The predicted molar refractivity (Wildman–Crippen MR) is 103 cm³/mol. The lowest BCUT2D eigenvalue weighted by molar-refractivity contribution is -0.385. The number of benzene rings is 2. The van der Waals surface area contributed by atoms with Gasteiger partial charge < -0.3 is 14.8 Å². The number of rotatable bonds is 8. The Bertz CT molecular complexity index is 938. The molecular weight excluding hydrogens is 380 g/mol. The number of nitrogens with zero attached hydrogens (tertiary/aromatic N) is 1. The van der Waals surface area contributed by atoms with Gasteiger partial charge in [-0.1, -0.05) is 29.8 Å².